The molecule has 2 N–H and O–H groups in total. The predicted octanol–water partition coefficient (Wildman–Crippen LogP) is 3.10. The first-order valence-corrected chi connectivity index (χ1v) is 9.12. The third-order valence-corrected chi connectivity index (χ3v) is 5.36. The maximum absolute atomic E-state index is 12.4. The number of halogens is 1. The Labute approximate surface area is 133 Å². The lowest BCUT2D eigenvalue weighted by Crippen LogP contribution is -2.24. The number of nitrogens with zero attached hydrogens (tertiary/aromatic N) is 1. The third-order valence-electron chi connectivity index (χ3n) is 2.70. The minimum atomic E-state index is -3.62. The Bertz CT molecular complexity index is 701. The van der Waals surface area contributed by atoms with Gasteiger partial charge >= 0.3 is 0 Å². The second kappa shape index (κ2) is 7.22. The summed E-state index contributed by atoms with van der Waals surface area (Å²) in [5.74, 6) is 0. The molecule has 0 aliphatic carbocycles. The van der Waals surface area contributed by atoms with Crippen LogP contribution in [0, 0.1) is 0 Å². The molecule has 0 atom stereocenters. The van der Waals surface area contributed by atoms with Crippen molar-refractivity contribution in [2.75, 3.05) is 11.9 Å². The van der Waals surface area contributed by atoms with Crippen molar-refractivity contribution >= 4 is 38.6 Å². The van der Waals surface area contributed by atoms with Crippen LogP contribution in [0.15, 0.2) is 35.5 Å². The van der Waals surface area contributed by atoms with Crippen molar-refractivity contribution in [1.82, 2.24) is 9.71 Å². The van der Waals surface area contributed by atoms with E-state index in [0.717, 1.165) is 11.3 Å². The summed E-state index contributed by atoms with van der Waals surface area (Å²) < 4.78 is 28.0. The molecule has 2 aromatic heterocycles. The summed E-state index contributed by atoms with van der Waals surface area (Å²) in [7, 11) is -3.62. The molecule has 0 aliphatic rings. The molecule has 2 heterocycles. The van der Waals surface area contributed by atoms with Crippen LogP contribution in [-0.2, 0) is 16.6 Å². The molecule has 0 radical (unpaired) electrons. The lowest BCUT2D eigenvalue weighted by Gasteiger charge is -2.11. The van der Waals surface area contributed by atoms with E-state index in [1.807, 2.05) is 6.92 Å². The SMILES string of the molecule is CCCNc1ccncc1S(=O)(=O)NCc1ccc(Cl)s1. The first kappa shape index (κ1) is 16.2. The van der Waals surface area contributed by atoms with Gasteiger partial charge in [-0.05, 0) is 24.6 Å². The summed E-state index contributed by atoms with van der Waals surface area (Å²) in [5, 5.41) is 3.09. The van der Waals surface area contributed by atoms with Crippen LogP contribution >= 0.6 is 22.9 Å². The quantitative estimate of drug-likeness (QED) is 0.809. The van der Waals surface area contributed by atoms with E-state index in [9.17, 15) is 8.42 Å². The van der Waals surface area contributed by atoms with Gasteiger partial charge in [0.05, 0.1) is 10.0 Å². The number of rotatable bonds is 7. The van der Waals surface area contributed by atoms with Gasteiger partial charge in [-0.15, -0.1) is 11.3 Å². The number of thiophene rings is 1. The number of hydrogen-bond acceptors (Lipinski definition) is 5. The van der Waals surface area contributed by atoms with E-state index < -0.39 is 10.0 Å². The third kappa shape index (κ3) is 4.41. The molecular formula is C13H16ClN3O2S2. The van der Waals surface area contributed by atoms with Crippen LogP contribution in [0.2, 0.25) is 4.34 Å². The van der Waals surface area contributed by atoms with Gasteiger partial charge in [0.2, 0.25) is 10.0 Å². The van der Waals surface area contributed by atoms with Crippen molar-refractivity contribution in [2.45, 2.75) is 24.8 Å². The number of sulfonamides is 1. The lowest BCUT2D eigenvalue weighted by atomic mass is 10.4. The molecule has 0 amide bonds. The van der Waals surface area contributed by atoms with E-state index in [4.69, 9.17) is 11.6 Å². The second-order valence-electron chi connectivity index (χ2n) is 4.33. The molecule has 0 saturated heterocycles. The zero-order valence-electron chi connectivity index (χ0n) is 11.5. The summed E-state index contributed by atoms with van der Waals surface area (Å²) in [5.41, 5.74) is 0.559. The molecule has 0 unspecified atom stereocenters. The fraction of sp³-hybridized carbons (Fsp3) is 0.308. The van der Waals surface area contributed by atoms with Gasteiger partial charge in [0.1, 0.15) is 4.90 Å². The summed E-state index contributed by atoms with van der Waals surface area (Å²) >= 11 is 7.18. The Balaban J connectivity index is 2.15. The van der Waals surface area contributed by atoms with Crippen LogP contribution in [-0.4, -0.2) is 19.9 Å². The highest BCUT2D eigenvalue weighted by atomic mass is 35.5. The molecule has 0 spiro atoms. The van der Waals surface area contributed by atoms with Gasteiger partial charge in [-0.25, -0.2) is 13.1 Å². The van der Waals surface area contributed by atoms with E-state index >= 15 is 0 Å². The van der Waals surface area contributed by atoms with Gasteiger partial charge in [-0.1, -0.05) is 18.5 Å². The van der Waals surface area contributed by atoms with Crippen molar-refractivity contribution in [3.8, 4) is 0 Å². The van der Waals surface area contributed by atoms with Crippen LogP contribution in [0.3, 0.4) is 0 Å². The van der Waals surface area contributed by atoms with Crippen LogP contribution in [0.5, 0.6) is 0 Å². The van der Waals surface area contributed by atoms with E-state index in [2.05, 4.69) is 15.0 Å². The Kier molecular flexibility index (Phi) is 5.58. The highest BCUT2D eigenvalue weighted by Gasteiger charge is 2.18. The smallest absolute Gasteiger partial charge is 0.244 e. The van der Waals surface area contributed by atoms with Gasteiger partial charge in [0.15, 0.2) is 0 Å². The van der Waals surface area contributed by atoms with E-state index in [-0.39, 0.29) is 11.4 Å². The van der Waals surface area contributed by atoms with Crippen LogP contribution in [0.4, 0.5) is 5.69 Å². The van der Waals surface area contributed by atoms with Gasteiger partial charge < -0.3 is 5.32 Å². The highest BCUT2D eigenvalue weighted by molar-refractivity contribution is 7.89. The Morgan fingerprint density at radius 2 is 2.14 bits per heavy atom. The van der Waals surface area contributed by atoms with Crippen molar-refractivity contribution in [1.29, 1.82) is 0 Å². The number of pyridine rings is 1. The molecule has 2 rings (SSSR count). The van der Waals surface area contributed by atoms with E-state index in [0.29, 0.717) is 16.6 Å². The molecule has 114 valence electrons. The summed E-state index contributed by atoms with van der Waals surface area (Å²) in [6.07, 6.45) is 3.82. The molecule has 0 saturated carbocycles. The molecule has 0 bridgehead atoms. The summed E-state index contributed by atoms with van der Waals surface area (Å²) in [6, 6.07) is 5.20. The topological polar surface area (TPSA) is 71.1 Å². The minimum absolute atomic E-state index is 0.154. The molecule has 8 heteroatoms. The van der Waals surface area contributed by atoms with Crippen molar-refractivity contribution in [3.63, 3.8) is 0 Å². The Morgan fingerprint density at radius 1 is 1.33 bits per heavy atom. The standard InChI is InChI=1S/C13H16ClN3O2S2/c1-2-6-16-11-5-7-15-9-12(11)21(18,19)17-8-10-3-4-13(14)20-10/h3-5,7,9,17H,2,6,8H2,1H3,(H,15,16). The Morgan fingerprint density at radius 3 is 2.81 bits per heavy atom. The van der Waals surface area contributed by atoms with Gasteiger partial charge in [0.25, 0.3) is 0 Å². The maximum Gasteiger partial charge on any atom is 0.244 e. The number of aromatic nitrogens is 1. The molecule has 0 aromatic carbocycles. The van der Waals surface area contributed by atoms with Crippen molar-refractivity contribution in [2.24, 2.45) is 0 Å². The van der Waals surface area contributed by atoms with Gasteiger partial charge in [-0.3, -0.25) is 4.98 Å². The van der Waals surface area contributed by atoms with E-state index in [1.165, 1.54) is 17.5 Å². The normalized spacial score (nSPS) is 11.5. The number of hydrogen-bond donors (Lipinski definition) is 2. The maximum atomic E-state index is 12.4. The largest absolute Gasteiger partial charge is 0.384 e. The van der Waals surface area contributed by atoms with Gasteiger partial charge in [-0.2, -0.15) is 0 Å². The average Bonchev–Trinajstić information content (AvgIpc) is 2.89. The highest BCUT2D eigenvalue weighted by Crippen LogP contribution is 2.23. The number of anilines is 1. The first-order valence-electron chi connectivity index (χ1n) is 6.44. The molecule has 2 aromatic rings. The van der Waals surface area contributed by atoms with Gasteiger partial charge in [0, 0.05) is 30.4 Å². The fourth-order valence-electron chi connectivity index (χ4n) is 1.69. The average molecular weight is 346 g/mol. The Hall–Kier alpha value is -1.15. The van der Waals surface area contributed by atoms with Crippen molar-refractivity contribution in [3.05, 3.63) is 39.8 Å². The summed E-state index contributed by atoms with van der Waals surface area (Å²) in [6.45, 7) is 2.93. The molecule has 0 aliphatic heterocycles. The molecule has 5 nitrogen and oxygen atoms in total. The molecule has 0 fully saturated rings. The monoisotopic (exact) mass is 345 g/mol. The predicted molar refractivity (Wildman–Crippen MR) is 86.4 cm³/mol. The zero-order valence-corrected chi connectivity index (χ0v) is 13.9. The molecule has 21 heavy (non-hydrogen) atoms. The zero-order chi connectivity index (χ0) is 15.3. The first-order chi connectivity index (χ1) is 10.0. The van der Waals surface area contributed by atoms with Crippen molar-refractivity contribution < 1.29 is 8.42 Å². The van der Waals surface area contributed by atoms with Crippen LogP contribution in [0.1, 0.15) is 18.2 Å². The fourth-order valence-corrected chi connectivity index (χ4v) is 3.94. The number of nitrogens with one attached hydrogen (secondary N) is 2. The van der Waals surface area contributed by atoms with E-state index in [1.54, 1.807) is 24.4 Å². The molecular weight excluding hydrogens is 330 g/mol. The summed E-state index contributed by atoms with van der Waals surface area (Å²) in [4.78, 5) is 4.91. The second-order valence-corrected chi connectivity index (χ2v) is 7.86. The minimum Gasteiger partial charge on any atom is -0.384 e. The lowest BCUT2D eigenvalue weighted by molar-refractivity contribution is 0.581. The van der Waals surface area contributed by atoms with Crippen LogP contribution < -0.4 is 10.0 Å². The van der Waals surface area contributed by atoms with Crippen LogP contribution in [0.25, 0.3) is 0 Å².